The molecule has 0 saturated carbocycles. The van der Waals surface area contributed by atoms with E-state index in [9.17, 15) is 18.3 Å². The Balaban J connectivity index is 0.00000289. The smallest absolute Gasteiger partial charge is 0.419 e. The van der Waals surface area contributed by atoms with E-state index in [0.29, 0.717) is 5.56 Å². The molecule has 0 aliphatic carbocycles. The number of hydrogen-bond donors (Lipinski definition) is 2. The molecule has 0 saturated heterocycles. The summed E-state index contributed by atoms with van der Waals surface area (Å²) in [6, 6.07) is 2.50. The fourth-order valence-corrected chi connectivity index (χ4v) is 1.50. The molecular formula is C12H17ClF3NO. The van der Waals surface area contributed by atoms with Gasteiger partial charge in [0.1, 0.15) is 5.75 Å². The third kappa shape index (κ3) is 3.53. The average molecular weight is 284 g/mol. The fourth-order valence-electron chi connectivity index (χ4n) is 1.50. The highest BCUT2D eigenvalue weighted by molar-refractivity contribution is 5.85. The van der Waals surface area contributed by atoms with E-state index in [1.165, 1.54) is 6.07 Å². The number of aromatic hydroxyl groups is 1. The minimum Gasteiger partial charge on any atom is -0.507 e. The van der Waals surface area contributed by atoms with Gasteiger partial charge in [0, 0.05) is 12.1 Å². The van der Waals surface area contributed by atoms with E-state index < -0.39 is 22.9 Å². The Kier molecular flexibility index (Phi) is 5.08. The summed E-state index contributed by atoms with van der Waals surface area (Å²) in [5, 5.41) is 9.51. The Morgan fingerprint density at radius 1 is 1.17 bits per heavy atom. The van der Waals surface area contributed by atoms with Crippen LogP contribution in [0.1, 0.15) is 37.5 Å². The molecule has 1 rings (SSSR count). The summed E-state index contributed by atoms with van der Waals surface area (Å²) in [5.74, 6) is -0.770. The normalized spacial score (nSPS) is 12.2. The van der Waals surface area contributed by atoms with Gasteiger partial charge in [-0.15, -0.1) is 12.4 Å². The van der Waals surface area contributed by atoms with Crippen molar-refractivity contribution in [2.75, 3.05) is 0 Å². The van der Waals surface area contributed by atoms with Crippen molar-refractivity contribution < 1.29 is 18.3 Å². The Labute approximate surface area is 110 Å². The van der Waals surface area contributed by atoms with Gasteiger partial charge in [-0.25, -0.2) is 0 Å². The zero-order chi connectivity index (χ0) is 13.4. The molecule has 1 aromatic rings. The number of halogens is 4. The van der Waals surface area contributed by atoms with Crippen LogP contribution >= 0.6 is 12.4 Å². The van der Waals surface area contributed by atoms with E-state index in [2.05, 4.69) is 0 Å². The van der Waals surface area contributed by atoms with Crippen LogP contribution in [0.5, 0.6) is 5.75 Å². The quantitative estimate of drug-likeness (QED) is 0.827. The van der Waals surface area contributed by atoms with Crippen LogP contribution in [0.3, 0.4) is 0 Å². The monoisotopic (exact) mass is 283 g/mol. The van der Waals surface area contributed by atoms with Gasteiger partial charge in [0.25, 0.3) is 0 Å². The van der Waals surface area contributed by atoms with Gasteiger partial charge in [0.05, 0.1) is 5.56 Å². The predicted molar refractivity (Wildman–Crippen MR) is 66.9 cm³/mol. The van der Waals surface area contributed by atoms with E-state index in [-0.39, 0.29) is 24.5 Å². The van der Waals surface area contributed by atoms with Crippen molar-refractivity contribution in [3.63, 3.8) is 0 Å². The molecule has 104 valence electrons. The van der Waals surface area contributed by atoms with Crippen molar-refractivity contribution in [1.82, 2.24) is 0 Å². The maximum Gasteiger partial charge on any atom is 0.419 e. The minimum atomic E-state index is -4.57. The first-order valence-corrected chi connectivity index (χ1v) is 5.21. The number of alkyl halides is 3. The number of hydrogen-bond acceptors (Lipinski definition) is 2. The van der Waals surface area contributed by atoms with Gasteiger partial charge in [-0.3, -0.25) is 0 Å². The molecule has 3 N–H and O–H groups in total. The lowest BCUT2D eigenvalue weighted by molar-refractivity contribution is -0.138. The molecule has 0 aliphatic rings. The Morgan fingerprint density at radius 2 is 1.67 bits per heavy atom. The number of benzene rings is 1. The molecule has 0 unspecified atom stereocenters. The lowest BCUT2D eigenvalue weighted by Gasteiger charge is -2.22. The Hall–Kier alpha value is -0.940. The summed E-state index contributed by atoms with van der Waals surface area (Å²) in [5.41, 5.74) is 4.51. The number of phenolic OH excluding ortho intramolecular Hbond substituents is 1. The van der Waals surface area contributed by atoms with Crippen LogP contribution in [-0.4, -0.2) is 5.11 Å². The number of rotatable bonds is 1. The molecule has 6 heteroatoms. The van der Waals surface area contributed by atoms with Gasteiger partial charge in [-0.2, -0.15) is 13.2 Å². The van der Waals surface area contributed by atoms with Crippen LogP contribution in [0.2, 0.25) is 0 Å². The summed E-state index contributed by atoms with van der Waals surface area (Å²) >= 11 is 0. The number of phenols is 1. The lowest BCUT2D eigenvalue weighted by Crippen LogP contribution is -2.16. The van der Waals surface area contributed by atoms with Crippen molar-refractivity contribution in [3.8, 4) is 5.75 Å². The summed E-state index contributed by atoms with van der Waals surface area (Å²) in [7, 11) is 0. The first-order chi connectivity index (χ1) is 7.57. The zero-order valence-electron chi connectivity index (χ0n) is 10.4. The molecule has 0 atom stereocenters. The van der Waals surface area contributed by atoms with Crippen LogP contribution in [0.25, 0.3) is 0 Å². The van der Waals surface area contributed by atoms with Crippen LogP contribution in [0.15, 0.2) is 12.1 Å². The molecular weight excluding hydrogens is 267 g/mol. The molecule has 0 aliphatic heterocycles. The van der Waals surface area contributed by atoms with Gasteiger partial charge in [-0.05, 0) is 17.0 Å². The van der Waals surface area contributed by atoms with E-state index >= 15 is 0 Å². The second-order valence-electron chi connectivity index (χ2n) is 4.98. The maximum absolute atomic E-state index is 12.7. The van der Waals surface area contributed by atoms with Crippen molar-refractivity contribution >= 4 is 12.4 Å². The largest absolute Gasteiger partial charge is 0.507 e. The highest BCUT2D eigenvalue weighted by Gasteiger charge is 2.36. The standard InChI is InChI=1S/C12H16F3NO.ClH/c1-11(2,3)8-4-7(6-16)10(17)9(5-8)12(13,14)15;/h4-5,17H,6,16H2,1-3H3;1H. The Bertz CT molecular complexity index is 425. The van der Waals surface area contributed by atoms with E-state index in [0.717, 1.165) is 6.07 Å². The molecule has 0 bridgehead atoms. The molecule has 0 spiro atoms. The fraction of sp³-hybridized carbons (Fsp3) is 0.500. The first kappa shape index (κ1) is 17.1. The molecule has 0 heterocycles. The van der Waals surface area contributed by atoms with Crippen LogP contribution < -0.4 is 5.73 Å². The van der Waals surface area contributed by atoms with Crippen molar-refractivity contribution in [3.05, 3.63) is 28.8 Å². The van der Waals surface area contributed by atoms with E-state index in [1.54, 1.807) is 20.8 Å². The molecule has 2 nitrogen and oxygen atoms in total. The van der Waals surface area contributed by atoms with Crippen molar-refractivity contribution in [2.24, 2.45) is 5.73 Å². The first-order valence-electron chi connectivity index (χ1n) is 5.21. The van der Waals surface area contributed by atoms with E-state index in [4.69, 9.17) is 5.73 Å². The van der Waals surface area contributed by atoms with Crippen molar-refractivity contribution in [2.45, 2.75) is 38.9 Å². The number of nitrogens with two attached hydrogens (primary N) is 1. The molecule has 18 heavy (non-hydrogen) atoms. The van der Waals surface area contributed by atoms with Crippen LogP contribution in [-0.2, 0) is 18.1 Å². The Morgan fingerprint density at radius 3 is 2.00 bits per heavy atom. The molecule has 0 aromatic heterocycles. The van der Waals surface area contributed by atoms with E-state index in [1.807, 2.05) is 0 Å². The third-order valence-electron chi connectivity index (χ3n) is 2.58. The van der Waals surface area contributed by atoms with Crippen LogP contribution in [0.4, 0.5) is 13.2 Å². The second-order valence-corrected chi connectivity index (χ2v) is 4.98. The maximum atomic E-state index is 12.7. The summed E-state index contributed by atoms with van der Waals surface area (Å²) in [4.78, 5) is 0. The minimum absolute atomic E-state index is 0. The average Bonchev–Trinajstić information content (AvgIpc) is 2.14. The van der Waals surface area contributed by atoms with Gasteiger partial charge in [0.2, 0.25) is 0 Å². The zero-order valence-corrected chi connectivity index (χ0v) is 11.2. The van der Waals surface area contributed by atoms with Gasteiger partial charge in [0.15, 0.2) is 0 Å². The summed E-state index contributed by atoms with van der Waals surface area (Å²) in [6.07, 6.45) is -4.57. The van der Waals surface area contributed by atoms with Gasteiger partial charge in [-0.1, -0.05) is 26.8 Å². The third-order valence-corrected chi connectivity index (χ3v) is 2.58. The topological polar surface area (TPSA) is 46.2 Å². The molecule has 0 fully saturated rings. The predicted octanol–water partition coefficient (Wildman–Crippen LogP) is 3.59. The summed E-state index contributed by atoms with van der Waals surface area (Å²) < 4.78 is 38.2. The molecule has 0 amide bonds. The summed E-state index contributed by atoms with van der Waals surface area (Å²) in [6.45, 7) is 5.29. The van der Waals surface area contributed by atoms with Crippen LogP contribution in [0, 0.1) is 0 Å². The SMILES string of the molecule is CC(C)(C)c1cc(CN)c(O)c(C(F)(F)F)c1.Cl. The molecule has 0 radical (unpaired) electrons. The highest BCUT2D eigenvalue weighted by Crippen LogP contribution is 2.40. The highest BCUT2D eigenvalue weighted by atomic mass is 35.5. The van der Waals surface area contributed by atoms with Gasteiger partial charge >= 0.3 is 6.18 Å². The van der Waals surface area contributed by atoms with Crippen molar-refractivity contribution in [1.29, 1.82) is 0 Å². The lowest BCUT2D eigenvalue weighted by atomic mass is 9.84. The molecule has 1 aromatic carbocycles. The van der Waals surface area contributed by atoms with Gasteiger partial charge < -0.3 is 10.8 Å². The second kappa shape index (κ2) is 5.36.